The molecule has 0 aliphatic carbocycles. The van der Waals surface area contributed by atoms with Gasteiger partial charge in [-0.05, 0) is 50.6 Å². The molecule has 5 rings (SSSR count). The maximum Gasteiger partial charge on any atom is 0.270 e. The van der Waals surface area contributed by atoms with Gasteiger partial charge in [-0.2, -0.15) is 0 Å². The number of anilines is 1. The molecule has 2 fully saturated rings. The summed E-state index contributed by atoms with van der Waals surface area (Å²) in [5.74, 6) is 1.75. The minimum atomic E-state index is -0.0492. The number of nitrogens with zero attached hydrogens (tertiary/aromatic N) is 3. The summed E-state index contributed by atoms with van der Waals surface area (Å²) in [6.07, 6.45) is 7.45. The first-order chi connectivity index (χ1) is 14.7. The lowest BCUT2D eigenvalue weighted by molar-refractivity contribution is 0.0940. The molecule has 32 heavy (non-hydrogen) atoms. The van der Waals surface area contributed by atoms with Gasteiger partial charge in [-0.25, -0.2) is 9.97 Å². The predicted octanol–water partition coefficient (Wildman–Crippen LogP) is 3.36. The molecule has 1 unspecified atom stereocenters. The van der Waals surface area contributed by atoms with E-state index in [9.17, 15) is 4.79 Å². The van der Waals surface area contributed by atoms with Gasteiger partial charge in [-0.15, -0.1) is 24.8 Å². The highest BCUT2D eigenvalue weighted by molar-refractivity contribution is 5.96. The molecule has 4 heterocycles. The van der Waals surface area contributed by atoms with Crippen LogP contribution in [-0.4, -0.2) is 48.6 Å². The lowest BCUT2D eigenvalue weighted by atomic mass is 9.74. The zero-order valence-corrected chi connectivity index (χ0v) is 20.1. The van der Waals surface area contributed by atoms with Crippen LogP contribution >= 0.6 is 24.8 Å². The summed E-state index contributed by atoms with van der Waals surface area (Å²) in [5, 5.41) is 6.58. The topological polar surface area (TPSA) is 70.2 Å². The molecule has 1 aromatic carbocycles. The molecule has 0 saturated carbocycles. The number of aryl methyl sites for hydroxylation is 2. The van der Waals surface area contributed by atoms with Crippen molar-refractivity contribution in [1.29, 1.82) is 0 Å². The summed E-state index contributed by atoms with van der Waals surface area (Å²) >= 11 is 0. The Morgan fingerprint density at radius 1 is 1.00 bits per heavy atom. The molecule has 0 radical (unpaired) electrons. The second-order valence-electron chi connectivity index (χ2n) is 9.09. The van der Waals surface area contributed by atoms with Crippen molar-refractivity contribution in [2.45, 2.75) is 44.9 Å². The van der Waals surface area contributed by atoms with Gasteiger partial charge in [0.15, 0.2) is 0 Å². The van der Waals surface area contributed by atoms with Gasteiger partial charge < -0.3 is 15.5 Å². The second kappa shape index (κ2) is 10.8. The van der Waals surface area contributed by atoms with E-state index >= 15 is 0 Å². The summed E-state index contributed by atoms with van der Waals surface area (Å²) in [6.45, 7) is 4.95. The predicted molar refractivity (Wildman–Crippen MR) is 132 cm³/mol. The highest BCUT2D eigenvalue weighted by atomic mass is 35.5. The molecule has 1 aromatic heterocycles. The number of fused-ring (bicyclic) bond motifs is 1. The first-order valence-electron chi connectivity index (χ1n) is 11.4. The fraction of sp³-hybridized carbons (Fsp3) is 0.542. The number of carbonyl (C=O) groups excluding carboxylic acids is 1. The third-order valence-electron chi connectivity index (χ3n) is 6.91. The van der Waals surface area contributed by atoms with E-state index < -0.39 is 0 Å². The SMILES string of the molecule is Cl.Cl.O=C1NCCc2c1nc(CCc1ccccc1)nc2N1CCCC2(CCCNC2)C1. The number of rotatable bonds is 4. The van der Waals surface area contributed by atoms with Crippen molar-refractivity contribution in [3.8, 4) is 0 Å². The Bertz CT molecular complexity index is 913. The Balaban J connectivity index is 0.00000144. The summed E-state index contributed by atoms with van der Waals surface area (Å²) in [5.41, 5.74) is 3.25. The molecule has 1 spiro atoms. The van der Waals surface area contributed by atoms with Crippen LogP contribution in [0.15, 0.2) is 30.3 Å². The van der Waals surface area contributed by atoms with E-state index in [1.165, 1.54) is 31.2 Å². The number of benzene rings is 1. The summed E-state index contributed by atoms with van der Waals surface area (Å²) in [4.78, 5) is 24.8. The smallest absolute Gasteiger partial charge is 0.270 e. The fourth-order valence-corrected chi connectivity index (χ4v) is 5.36. The first-order valence-corrected chi connectivity index (χ1v) is 11.4. The van der Waals surface area contributed by atoms with Gasteiger partial charge >= 0.3 is 0 Å². The van der Waals surface area contributed by atoms with E-state index in [-0.39, 0.29) is 30.7 Å². The molecule has 2 aromatic rings. The van der Waals surface area contributed by atoms with Crippen molar-refractivity contribution in [3.05, 3.63) is 53.0 Å². The van der Waals surface area contributed by atoms with E-state index in [2.05, 4.69) is 39.8 Å². The minimum absolute atomic E-state index is 0. The Labute approximate surface area is 202 Å². The van der Waals surface area contributed by atoms with Crippen molar-refractivity contribution in [2.24, 2.45) is 5.41 Å². The van der Waals surface area contributed by atoms with Crippen molar-refractivity contribution in [3.63, 3.8) is 0 Å². The van der Waals surface area contributed by atoms with Gasteiger partial charge in [0.2, 0.25) is 0 Å². The molecular formula is C24H33Cl2N5O. The van der Waals surface area contributed by atoms with E-state index in [1.807, 2.05) is 6.07 Å². The van der Waals surface area contributed by atoms with Crippen LogP contribution in [0, 0.1) is 5.41 Å². The molecule has 1 atom stereocenters. The van der Waals surface area contributed by atoms with Gasteiger partial charge in [-0.3, -0.25) is 4.79 Å². The van der Waals surface area contributed by atoms with Crippen molar-refractivity contribution < 1.29 is 4.79 Å². The lowest BCUT2D eigenvalue weighted by Crippen LogP contribution is -2.52. The fourth-order valence-electron chi connectivity index (χ4n) is 5.36. The van der Waals surface area contributed by atoms with Crippen molar-refractivity contribution in [2.75, 3.05) is 37.6 Å². The van der Waals surface area contributed by atoms with E-state index in [0.29, 0.717) is 17.7 Å². The Morgan fingerprint density at radius 2 is 1.81 bits per heavy atom. The average Bonchev–Trinajstić information content (AvgIpc) is 2.79. The van der Waals surface area contributed by atoms with Gasteiger partial charge in [0, 0.05) is 43.6 Å². The zero-order chi connectivity index (χ0) is 20.4. The number of carbonyl (C=O) groups is 1. The standard InChI is InChI=1S/C24H31N5O.2ClH/c30-23-21-19(10-14-26-23)22(28-20(27-21)9-8-18-6-2-1-3-7-18)29-15-5-12-24(17-29)11-4-13-25-16-24;;/h1-3,6-7,25H,4-5,8-17H2,(H,26,30);2*1H. The number of hydrogen-bond donors (Lipinski definition) is 2. The number of hydrogen-bond acceptors (Lipinski definition) is 5. The second-order valence-corrected chi connectivity index (χ2v) is 9.09. The Kier molecular flexibility index (Phi) is 8.37. The molecule has 6 nitrogen and oxygen atoms in total. The maximum atomic E-state index is 12.6. The third kappa shape index (κ3) is 5.19. The van der Waals surface area contributed by atoms with Gasteiger partial charge in [0.25, 0.3) is 5.91 Å². The number of halogens is 2. The quantitative estimate of drug-likeness (QED) is 0.706. The van der Waals surface area contributed by atoms with Gasteiger partial charge in [0.1, 0.15) is 17.3 Å². The van der Waals surface area contributed by atoms with Crippen molar-refractivity contribution >= 4 is 36.5 Å². The highest BCUT2D eigenvalue weighted by Gasteiger charge is 2.38. The molecule has 2 N–H and O–H groups in total. The normalized spacial score (nSPS) is 22.4. The molecule has 2 saturated heterocycles. The lowest BCUT2D eigenvalue weighted by Gasteiger charge is -2.46. The molecule has 0 bridgehead atoms. The van der Waals surface area contributed by atoms with Gasteiger partial charge in [0.05, 0.1) is 0 Å². The van der Waals surface area contributed by atoms with Crippen molar-refractivity contribution in [1.82, 2.24) is 20.6 Å². The Hall–Kier alpha value is -1.89. The minimum Gasteiger partial charge on any atom is -0.356 e. The van der Waals surface area contributed by atoms with Crippen LogP contribution in [0.25, 0.3) is 0 Å². The summed E-state index contributed by atoms with van der Waals surface area (Å²) < 4.78 is 0. The highest BCUT2D eigenvalue weighted by Crippen LogP contribution is 2.38. The molecular weight excluding hydrogens is 445 g/mol. The average molecular weight is 478 g/mol. The van der Waals surface area contributed by atoms with Crippen LogP contribution in [0.5, 0.6) is 0 Å². The largest absolute Gasteiger partial charge is 0.356 e. The number of aromatic nitrogens is 2. The number of amides is 1. The molecule has 3 aliphatic heterocycles. The maximum absolute atomic E-state index is 12.6. The van der Waals surface area contributed by atoms with Crippen LogP contribution in [0.1, 0.15) is 53.1 Å². The molecule has 8 heteroatoms. The summed E-state index contributed by atoms with van der Waals surface area (Å²) in [6, 6.07) is 10.4. The third-order valence-corrected chi connectivity index (χ3v) is 6.91. The molecule has 3 aliphatic rings. The van der Waals surface area contributed by atoms with Crippen LogP contribution in [0.2, 0.25) is 0 Å². The van der Waals surface area contributed by atoms with E-state index in [1.54, 1.807) is 0 Å². The Morgan fingerprint density at radius 3 is 2.59 bits per heavy atom. The molecule has 174 valence electrons. The monoisotopic (exact) mass is 477 g/mol. The number of nitrogens with one attached hydrogen (secondary N) is 2. The zero-order valence-electron chi connectivity index (χ0n) is 18.4. The van der Waals surface area contributed by atoms with Crippen LogP contribution in [-0.2, 0) is 19.3 Å². The first kappa shape index (κ1) is 24.7. The van der Waals surface area contributed by atoms with Crippen LogP contribution in [0.4, 0.5) is 5.82 Å². The summed E-state index contributed by atoms with van der Waals surface area (Å²) in [7, 11) is 0. The van der Waals surface area contributed by atoms with E-state index in [4.69, 9.17) is 9.97 Å². The van der Waals surface area contributed by atoms with Crippen LogP contribution in [0.3, 0.4) is 0 Å². The van der Waals surface area contributed by atoms with E-state index in [0.717, 1.165) is 62.6 Å². The molecule has 1 amide bonds. The van der Waals surface area contributed by atoms with Crippen LogP contribution < -0.4 is 15.5 Å². The van der Waals surface area contributed by atoms with Gasteiger partial charge in [-0.1, -0.05) is 30.3 Å². The number of piperidine rings is 2.